The topological polar surface area (TPSA) is 124 Å². The van der Waals surface area contributed by atoms with Crippen LogP contribution in [0.15, 0.2) is 36.4 Å². The molecule has 0 atom stereocenters. The van der Waals surface area contributed by atoms with Crippen molar-refractivity contribution in [3.63, 3.8) is 0 Å². The van der Waals surface area contributed by atoms with Gasteiger partial charge < -0.3 is 11.1 Å². The molecule has 0 saturated carbocycles. The molecule has 0 saturated heterocycles. The molecule has 3 N–H and O–H groups in total. The maximum Gasteiger partial charge on any atom is 0.276 e. The van der Waals surface area contributed by atoms with Gasteiger partial charge in [-0.15, -0.1) is 10.2 Å². The molecule has 19 heavy (non-hydrogen) atoms. The van der Waals surface area contributed by atoms with Crippen LogP contribution in [0.2, 0.25) is 0 Å². The largest absolute Gasteiger partial charge is 0.382 e. The quantitative estimate of drug-likeness (QED) is 0.630. The van der Waals surface area contributed by atoms with Crippen LogP contribution in [-0.4, -0.2) is 21.0 Å². The van der Waals surface area contributed by atoms with E-state index in [4.69, 9.17) is 5.73 Å². The molecule has 8 heteroatoms. The van der Waals surface area contributed by atoms with E-state index >= 15 is 0 Å². The predicted molar refractivity (Wildman–Crippen MR) is 67.5 cm³/mol. The number of hydrogen-bond acceptors (Lipinski definition) is 6. The van der Waals surface area contributed by atoms with E-state index in [1.807, 2.05) is 0 Å². The molecule has 0 fully saturated rings. The standard InChI is InChI=1S/C11H9N5O3/c12-10-6-5-9(14-15-10)11(17)13-7-1-3-8(4-2-7)16(18)19/h1-6H,(H2,12,15)(H,13,17). The molecule has 1 aromatic carbocycles. The van der Waals surface area contributed by atoms with E-state index < -0.39 is 10.8 Å². The molecule has 1 amide bonds. The first-order chi connectivity index (χ1) is 9.06. The second-order valence-electron chi connectivity index (χ2n) is 3.60. The molecule has 0 aliphatic rings. The number of carbonyl (C=O) groups excluding carboxylic acids is 1. The van der Waals surface area contributed by atoms with Crippen molar-refractivity contribution in [2.45, 2.75) is 0 Å². The minimum atomic E-state index is -0.517. The van der Waals surface area contributed by atoms with Gasteiger partial charge in [-0.05, 0) is 24.3 Å². The van der Waals surface area contributed by atoms with Crippen molar-refractivity contribution in [1.29, 1.82) is 0 Å². The number of anilines is 2. The van der Waals surface area contributed by atoms with Crippen molar-refractivity contribution in [3.05, 3.63) is 52.2 Å². The minimum absolute atomic E-state index is 0.0507. The van der Waals surface area contributed by atoms with Gasteiger partial charge >= 0.3 is 0 Å². The summed E-state index contributed by atoms with van der Waals surface area (Å²) in [5.74, 6) is -0.256. The molecule has 0 bridgehead atoms. The van der Waals surface area contributed by atoms with Gasteiger partial charge in [0.2, 0.25) is 0 Å². The van der Waals surface area contributed by atoms with Gasteiger partial charge in [-0.25, -0.2) is 0 Å². The van der Waals surface area contributed by atoms with Gasteiger partial charge in [-0.3, -0.25) is 14.9 Å². The summed E-state index contributed by atoms with van der Waals surface area (Å²) in [4.78, 5) is 21.7. The Kier molecular flexibility index (Phi) is 3.33. The van der Waals surface area contributed by atoms with Crippen molar-refractivity contribution >= 4 is 23.1 Å². The second kappa shape index (κ2) is 5.08. The molecule has 2 rings (SSSR count). The number of non-ortho nitro benzene ring substituents is 1. The van der Waals surface area contributed by atoms with Crippen LogP contribution in [0, 0.1) is 10.1 Å². The van der Waals surface area contributed by atoms with Gasteiger partial charge in [-0.1, -0.05) is 0 Å². The summed E-state index contributed by atoms with van der Waals surface area (Å²) in [6.07, 6.45) is 0. The summed E-state index contributed by atoms with van der Waals surface area (Å²) in [6, 6.07) is 8.34. The highest BCUT2D eigenvalue weighted by molar-refractivity contribution is 6.02. The van der Waals surface area contributed by atoms with Gasteiger partial charge in [0, 0.05) is 17.8 Å². The number of nitrogens with one attached hydrogen (secondary N) is 1. The van der Waals surface area contributed by atoms with Crippen LogP contribution in [0.1, 0.15) is 10.5 Å². The molecule has 0 aliphatic heterocycles. The Morgan fingerprint density at radius 1 is 1.16 bits per heavy atom. The minimum Gasteiger partial charge on any atom is -0.382 e. The lowest BCUT2D eigenvalue weighted by Gasteiger charge is -2.03. The summed E-state index contributed by atoms with van der Waals surface area (Å²) in [7, 11) is 0. The Morgan fingerprint density at radius 3 is 2.37 bits per heavy atom. The third-order valence-electron chi connectivity index (χ3n) is 2.25. The predicted octanol–water partition coefficient (Wildman–Crippen LogP) is 1.22. The first-order valence-corrected chi connectivity index (χ1v) is 5.21. The zero-order valence-corrected chi connectivity index (χ0v) is 9.61. The summed E-state index contributed by atoms with van der Waals surface area (Å²) in [6.45, 7) is 0. The lowest BCUT2D eigenvalue weighted by molar-refractivity contribution is -0.384. The molecule has 0 aliphatic carbocycles. The van der Waals surface area contributed by atoms with E-state index in [1.165, 1.54) is 36.4 Å². The van der Waals surface area contributed by atoms with Crippen LogP contribution in [0.25, 0.3) is 0 Å². The fraction of sp³-hybridized carbons (Fsp3) is 0. The number of rotatable bonds is 3. The highest BCUT2D eigenvalue weighted by Crippen LogP contribution is 2.15. The van der Waals surface area contributed by atoms with E-state index in [2.05, 4.69) is 15.5 Å². The first-order valence-electron chi connectivity index (χ1n) is 5.21. The number of carbonyl (C=O) groups is 1. The highest BCUT2D eigenvalue weighted by atomic mass is 16.6. The summed E-state index contributed by atoms with van der Waals surface area (Å²) < 4.78 is 0. The molecular weight excluding hydrogens is 250 g/mol. The number of nitro groups is 1. The van der Waals surface area contributed by atoms with Gasteiger partial charge in [-0.2, -0.15) is 0 Å². The van der Waals surface area contributed by atoms with E-state index in [-0.39, 0.29) is 17.2 Å². The maximum atomic E-state index is 11.8. The molecule has 8 nitrogen and oxygen atoms in total. The number of aromatic nitrogens is 2. The van der Waals surface area contributed by atoms with E-state index in [9.17, 15) is 14.9 Å². The number of amides is 1. The monoisotopic (exact) mass is 259 g/mol. The molecule has 0 spiro atoms. The normalized spacial score (nSPS) is 9.89. The van der Waals surface area contributed by atoms with Crippen LogP contribution >= 0.6 is 0 Å². The smallest absolute Gasteiger partial charge is 0.276 e. The van der Waals surface area contributed by atoms with Crippen LogP contribution in [0.4, 0.5) is 17.2 Å². The molecule has 1 heterocycles. The Balaban J connectivity index is 2.10. The zero-order chi connectivity index (χ0) is 13.8. The highest BCUT2D eigenvalue weighted by Gasteiger charge is 2.09. The summed E-state index contributed by atoms with van der Waals surface area (Å²) in [5.41, 5.74) is 5.83. The number of nitrogens with zero attached hydrogens (tertiary/aromatic N) is 3. The average molecular weight is 259 g/mol. The number of hydrogen-bond donors (Lipinski definition) is 2. The van der Waals surface area contributed by atoms with Crippen molar-refractivity contribution in [2.24, 2.45) is 0 Å². The van der Waals surface area contributed by atoms with Gasteiger partial charge in [0.05, 0.1) is 4.92 Å². The van der Waals surface area contributed by atoms with Crippen molar-refractivity contribution in [2.75, 3.05) is 11.1 Å². The third kappa shape index (κ3) is 3.00. The Labute approximate surface area is 107 Å². The summed E-state index contributed by atoms with van der Waals surface area (Å²) in [5, 5.41) is 20.2. The SMILES string of the molecule is Nc1ccc(C(=O)Nc2ccc([N+](=O)[O-])cc2)nn1. The maximum absolute atomic E-state index is 11.8. The van der Waals surface area contributed by atoms with E-state index in [0.29, 0.717) is 5.69 Å². The number of nitro benzene ring substituents is 1. The van der Waals surface area contributed by atoms with Crippen molar-refractivity contribution in [3.8, 4) is 0 Å². The lowest BCUT2D eigenvalue weighted by Crippen LogP contribution is -2.14. The average Bonchev–Trinajstić information content (AvgIpc) is 2.40. The lowest BCUT2D eigenvalue weighted by atomic mass is 10.2. The Hall–Kier alpha value is -3.03. The molecule has 0 radical (unpaired) electrons. The van der Waals surface area contributed by atoms with Gasteiger partial charge in [0.1, 0.15) is 5.82 Å². The van der Waals surface area contributed by atoms with Crippen LogP contribution in [0.3, 0.4) is 0 Å². The fourth-order valence-corrected chi connectivity index (χ4v) is 1.33. The molecular formula is C11H9N5O3. The van der Waals surface area contributed by atoms with Gasteiger partial charge in [0.25, 0.3) is 11.6 Å². The van der Waals surface area contributed by atoms with Crippen LogP contribution < -0.4 is 11.1 Å². The van der Waals surface area contributed by atoms with E-state index in [0.717, 1.165) is 0 Å². The molecule has 0 unspecified atom stereocenters. The van der Waals surface area contributed by atoms with Crippen LogP contribution in [0.5, 0.6) is 0 Å². The molecule has 2 aromatic rings. The number of nitrogens with two attached hydrogens (primary N) is 1. The number of nitrogen functional groups attached to an aromatic ring is 1. The molecule has 96 valence electrons. The second-order valence-corrected chi connectivity index (χ2v) is 3.60. The summed E-state index contributed by atoms with van der Waals surface area (Å²) >= 11 is 0. The molecule has 1 aromatic heterocycles. The van der Waals surface area contributed by atoms with Gasteiger partial charge in [0.15, 0.2) is 5.69 Å². The fourth-order valence-electron chi connectivity index (χ4n) is 1.33. The van der Waals surface area contributed by atoms with E-state index in [1.54, 1.807) is 0 Å². The first kappa shape index (κ1) is 12.4. The van der Waals surface area contributed by atoms with Crippen molar-refractivity contribution in [1.82, 2.24) is 10.2 Å². The van der Waals surface area contributed by atoms with Crippen LogP contribution in [-0.2, 0) is 0 Å². The Morgan fingerprint density at radius 2 is 1.84 bits per heavy atom. The van der Waals surface area contributed by atoms with Crippen molar-refractivity contribution < 1.29 is 9.72 Å². The zero-order valence-electron chi connectivity index (χ0n) is 9.61. The Bertz CT molecular complexity index is 609. The third-order valence-corrected chi connectivity index (χ3v) is 2.25. The number of benzene rings is 1.